The molecule has 4 rings (SSSR count). The molecule has 1 saturated heterocycles. The first-order valence-electron chi connectivity index (χ1n) is 10.0. The summed E-state index contributed by atoms with van der Waals surface area (Å²) in [5, 5.41) is 19.5. The van der Waals surface area contributed by atoms with Crippen LogP contribution in [-0.4, -0.2) is 43.8 Å². The van der Waals surface area contributed by atoms with Crippen LogP contribution in [0, 0.1) is 11.3 Å². The first kappa shape index (κ1) is 17.5. The van der Waals surface area contributed by atoms with Crippen molar-refractivity contribution in [3.05, 3.63) is 11.4 Å². The van der Waals surface area contributed by atoms with Gasteiger partial charge < -0.3 is 10.0 Å². The molecule has 1 aliphatic heterocycles. The summed E-state index contributed by atoms with van der Waals surface area (Å²) in [4.78, 5) is 26.1. The second-order valence-electron chi connectivity index (χ2n) is 8.46. The number of likely N-dealkylation sites (tertiary alicyclic amines) is 1. The summed E-state index contributed by atoms with van der Waals surface area (Å²) < 4.78 is 0. The first-order valence-corrected chi connectivity index (χ1v) is 10.0. The van der Waals surface area contributed by atoms with Crippen LogP contribution >= 0.6 is 0 Å². The fraction of sp³-hybridized carbons (Fsp3) is 0.789. The highest BCUT2D eigenvalue weighted by molar-refractivity contribution is 5.87. The molecule has 1 spiro atoms. The van der Waals surface area contributed by atoms with Gasteiger partial charge in [0.15, 0.2) is 5.69 Å². The first-order chi connectivity index (χ1) is 12.6. The standard InChI is InChI=1S/C19H28N4O3/c24-15(12-13-5-9-19(10-6-13)7-1-2-8-19)23-11-3-4-14(23)16-17(18(25)26)21-22-20-16/h13-14H,1-12H2,(H,25,26)(H,20,21,22). The Morgan fingerprint density at radius 1 is 1.08 bits per heavy atom. The number of nitrogens with zero attached hydrogens (tertiary/aromatic N) is 3. The van der Waals surface area contributed by atoms with E-state index in [1.54, 1.807) is 0 Å². The minimum Gasteiger partial charge on any atom is -0.476 e. The molecule has 2 aliphatic carbocycles. The van der Waals surface area contributed by atoms with Gasteiger partial charge in [0.05, 0.1) is 6.04 Å². The Bertz CT molecular complexity index is 670. The maximum atomic E-state index is 12.9. The average molecular weight is 360 g/mol. The number of carboxylic acid groups (broad SMARTS) is 1. The number of nitrogens with one attached hydrogen (secondary N) is 1. The monoisotopic (exact) mass is 360 g/mol. The molecule has 7 nitrogen and oxygen atoms in total. The lowest BCUT2D eigenvalue weighted by molar-refractivity contribution is -0.133. The minimum absolute atomic E-state index is 0.0597. The van der Waals surface area contributed by atoms with Crippen LogP contribution in [0.3, 0.4) is 0 Å². The summed E-state index contributed by atoms with van der Waals surface area (Å²) in [6.45, 7) is 0.687. The molecule has 3 aliphatic rings. The van der Waals surface area contributed by atoms with Crippen LogP contribution in [0.25, 0.3) is 0 Å². The van der Waals surface area contributed by atoms with Crippen LogP contribution in [0.4, 0.5) is 0 Å². The summed E-state index contributed by atoms with van der Waals surface area (Å²) in [6, 6.07) is -0.253. The Morgan fingerprint density at radius 3 is 2.50 bits per heavy atom. The van der Waals surface area contributed by atoms with Gasteiger partial charge in [0.1, 0.15) is 5.69 Å². The van der Waals surface area contributed by atoms with Gasteiger partial charge in [-0.1, -0.05) is 12.8 Å². The topological polar surface area (TPSA) is 99.2 Å². The van der Waals surface area contributed by atoms with E-state index < -0.39 is 5.97 Å². The molecule has 1 amide bonds. The highest BCUT2D eigenvalue weighted by atomic mass is 16.4. The number of hydrogen-bond acceptors (Lipinski definition) is 4. The van der Waals surface area contributed by atoms with Gasteiger partial charge in [0, 0.05) is 13.0 Å². The number of carbonyl (C=O) groups excluding carboxylic acids is 1. The molecule has 1 aromatic rings. The maximum Gasteiger partial charge on any atom is 0.358 e. The van der Waals surface area contributed by atoms with Crippen molar-refractivity contribution in [3.63, 3.8) is 0 Å². The largest absolute Gasteiger partial charge is 0.476 e. The molecule has 0 aromatic carbocycles. The lowest BCUT2D eigenvalue weighted by Crippen LogP contribution is -2.34. The van der Waals surface area contributed by atoms with Gasteiger partial charge in [0.2, 0.25) is 5.91 Å². The highest BCUT2D eigenvalue weighted by Crippen LogP contribution is 2.50. The van der Waals surface area contributed by atoms with Gasteiger partial charge in [0.25, 0.3) is 0 Å². The Morgan fingerprint density at radius 2 is 1.81 bits per heavy atom. The van der Waals surface area contributed by atoms with Gasteiger partial charge in [-0.25, -0.2) is 4.79 Å². The van der Waals surface area contributed by atoms with Gasteiger partial charge in [-0.05, 0) is 62.7 Å². The van der Waals surface area contributed by atoms with Crippen LogP contribution in [0.15, 0.2) is 0 Å². The SMILES string of the molecule is O=C(O)c1n[nH]nc1C1CCCN1C(=O)CC1CCC2(CCCC2)CC1. The molecule has 3 fully saturated rings. The molecule has 2 N–H and O–H groups in total. The summed E-state index contributed by atoms with van der Waals surface area (Å²) >= 11 is 0. The van der Waals surface area contributed by atoms with Gasteiger partial charge in [-0.2, -0.15) is 10.3 Å². The number of H-pyrrole nitrogens is 1. The predicted octanol–water partition coefficient (Wildman–Crippen LogP) is 3.31. The number of carboxylic acids is 1. The van der Waals surface area contributed by atoms with Crippen molar-refractivity contribution >= 4 is 11.9 Å². The van der Waals surface area contributed by atoms with Gasteiger partial charge in [-0.3, -0.25) is 4.79 Å². The van der Waals surface area contributed by atoms with Crippen molar-refractivity contribution in [2.45, 2.75) is 76.7 Å². The zero-order valence-electron chi connectivity index (χ0n) is 15.2. The number of aromatic carboxylic acids is 1. The fourth-order valence-electron chi connectivity index (χ4n) is 5.46. The molecule has 0 bridgehead atoms. The summed E-state index contributed by atoms with van der Waals surface area (Å²) in [6.07, 6.45) is 12.6. The third kappa shape index (κ3) is 3.23. The molecule has 0 radical (unpaired) electrons. The number of aromatic amines is 1. The number of amides is 1. The molecular weight excluding hydrogens is 332 g/mol. The van der Waals surface area contributed by atoms with Gasteiger partial charge >= 0.3 is 5.97 Å². The van der Waals surface area contributed by atoms with Crippen LogP contribution in [0.1, 0.15) is 92.9 Å². The molecule has 1 aromatic heterocycles. The van der Waals surface area contributed by atoms with Crippen molar-refractivity contribution in [1.29, 1.82) is 0 Å². The average Bonchev–Trinajstić information content (AvgIpc) is 3.37. The van der Waals surface area contributed by atoms with Crippen LogP contribution in [-0.2, 0) is 4.79 Å². The quantitative estimate of drug-likeness (QED) is 0.858. The minimum atomic E-state index is -1.10. The number of carbonyl (C=O) groups is 2. The molecule has 2 heterocycles. The van der Waals surface area contributed by atoms with Crippen molar-refractivity contribution < 1.29 is 14.7 Å². The van der Waals surface area contributed by atoms with Crippen LogP contribution < -0.4 is 0 Å². The zero-order valence-corrected chi connectivity index (χ0v) is 15.2. The number of rotatable bonds is 4. The molecule has 1 unspecified atom stereocenters. The Balaban J connectivity index is 1.38. The number of aromatic nitrogens is 3. The van der Waals surface area contributed by atoms with E-state index in [0.717, 1.165) is 25.7 Å². The normalized spacial score (nSPS) is 25.8. The van der Waals surface area contributed by atoms with E-state index in [1.807, 2.05) is 4.90 Å². The highest BCUT2D eigenvalue weighted by Gasteiger charge is 2.40. The predicted molar refractivity (Wildman–Crippen MR) is 94.5 cm³/mol. The summed E-state index contributed by atoms with van der Waals surface area (Å²) in [5.41, 5.74) is 0.930. The second-order valence-corrected chi connectivity index (χ2v) is 8.46. The molecule has 142 valence electrons. The summed E-state index contributed by atoms with van der Waals surface area (Å²) in [5.74, 6) is -0.465. The van der Waals surface area contributed by atoms with Crippen LogP contribution in [0.2, 0.25) is 0 Å². The third-order valence-electron chi connectivity index (χ3n) is 6.96. The van der Waals surface area contributed by atoms with E-state index in [-0.39, 0.29) is 17.6 Å². The smallest absolute Gasteiger partial charge is 0.358 e. The Hall–Kier alpha value is -1.92. The molecular formula is C19H28N4O3. The zero-order chi connectivity index (χ0) is 18.1. The molecule has 2 saturated carbocycles. The van der Waals surface area contributed by atoms with E-state index in [0.29, 0.717) is 30.0 Å². The van der Waals surface area contributed by atoms with Crippen molar-refractivity contribution in [1.82, 2.24) is 20.3 Å². The van der Waals surface area contributed by atoms with E-state index in [1.165, 1.54) is 38.5 Å². The lowest BCUT2D eigenvalue weighted by atomic mass is 9.69. The van der Waals surface area contributed by atoms with Crippen molar-refractivity contribution in [3.8, 4) is 0 Å². The van der Waals surface area contributed by atoms with E-state index in [2.05, 4.69) is 15.4 Å². The molecule has 7 heteroatoms. The summed E-state index contributed by atoms with van der Waals surface area (Å²) in [7, 11) is 0. The molecule has 1 atom stereocenters. The lowest BCUT2D eigenvalue weighted by Gasteiger charge is -2.37. The van der Waals surface area contributed by atoms with E-state index in [9.17, 15) is 14.7 Å². The fourth-order valence-corrected chi connectivity index (χ4v) is 5.46. The third-order valence-corrected chi connectivity index (χ3v) is 6.96. The van der Waals surface area contributed by atoms with E-state index >= 15 is 0 Å². The van der Waals surface area contributed by atoms with E-state index in [4.69, 9.17) is 0 Å². The van der Waals surface area contributed by atoms with Gasteiger partial charge in [-0.15, -0.1) is 5.10 Å². The number of hydrogen-bond donors (Lipinski definition) is 2. The molecule has 26 heavy (non-hydrogen) atoms. The maximum absolute atomic E-state index is 12.9. The second kappa shape index (κ2) is 7.00. The Kier molecular flexibility index (Phi) is 4.71. The van der Waals surface area contributed by atoms with Crippen LogP contribution in [0.5, 0.6) is 0 Å². The Labute approximate surface area is 153 Å². The van der Waals surface area contributed by atoms with Crippen molar-refractivity contribution in [2.75, 3.05) is 6.54 Å². The van der Waals surface area contributed by atoms with Crippen molar-refractivity contribution in [2.24, 2.45) is 11.3 Å².